The fourth-order valence-electron chi connectivity index (χ4n) is 2.67. The second-order valence-electron chi connectivity index (χ2n) is 5.70. The molecule has 1 atom stereocenters. The first-order valence-electron chi connectivity index (χ1n) is 8.24. The number of rotatable bonds is 1. The number of carbonyl (C=O) groups is 1. The lowest BCUT2D eigenvalue weighted by molar-refractivity contribution is -0.150. The van der Waals surface area contributed by atoms with Crippen LogP contribution in [0.4, 0.5) is 0 Å². The van der Waals surface area contributed by atoms with Gasteiger partial charge >= 0.3 is 5.97 Å². The lowest BCUT2D eigenvalue weighted by atomic mass is 10.1. The van der Waals surface area contributed by atoms with Crippen LogP contribution in [-0.2, 0) is 9.53 Å². The molecule has 2 heterocycles. The Balaban J connectivity index is 1.92. The van der Waals surface area contributed by atoms with Crippen molar-refractivity contribution in [2.45, 2.75) is 70.3 Å². The van der Waals surface area contributed by atoms with Crippen molar-refractivity contribution in [3.8, 4) is 0 Å². The highest BCUT2D eigenvalue weighted by molar-refractivity contribution is 5.69. The van der Waals surface area contributed by atoms with E-state index in [2.05, 4.69) is 12.2 Å². The predicted octanol–water partition coefficient (Wildman–Crippen LogP) is 5.33. The molecular weight excluding hydrogens is 264 g/mol. The van der Waals surface area contributed by atoms with E-state index in [1.54, 1.807) is 6.26 Å². The molecule has 1 unspecified atom stereocenters. The fourth-order valence-corrected chi connectivity index (χ4v) is 2.67. The van der Waals surface area contributed by atoms with Gasteiger partial charge in [0.05, 0.1) is 6.26 Å². The maximum atomic E-state index is 11.9. The molecule has 0 amide bonds. The number of ether oxygens (including phenoxy) is 1. The summed E-state index contributed by atoms with van der Waals surface area (Å²) in [6.07, 6.45) is 16.3. The molecule has 1 aliphatic rings. The molecule has 3 nitrogen and oxygen atoms in total. The van der Waals surface area contributed by atoms with E-state index >= 15 is 0 Å². The zero-order valence-corrected chi connectivity index (χ0v) is 12.8. The molecule has 1 aliphatic heterocycles. The zero-order valence-electron chi connectivity index (χ0n) is 12.8. The molecule has 0 fully saturated rings. The second-order valence-corrected chi connectivity index (χ2v) is 5.70. The molecule has 1 aromatic rings. The Bertz CT molecular complexity index is 420. The van der Waals surface area contributed by atoms with Gasteiger partial charge in [-0.1, -0.05) is 37.8 Å². The van der Waals surface area contributed by atoms with Gasteiger partial charge in [-0.05, 0) is 44.2 Å². The number of furan rings is 1. The number of hydrogen-bond acceptors (Lipinski definition) is 3. The van der Waals surface area contributed by atoms with Crippen LogP contribution in [0, 0.1) is 0 Å². The Morgan fingerprint density at radius 3 is 2.52 bits per heavy atom. The van der Waals surface area contributed by atoms with Crippen LogP contribution < -0.4 is 0 Å². The summed E-state index contributed by atoms with van der Waals surface area (Å²) in [5.41, 5.74) is 0. The monoisotopic (exact) mass is 290 g/mol. The Hall–Kier alpha value is -1.51. The van der Waals surface area contributed by atoms with Crippen LogP contribution >= 0.6 is 0 Å². The second kappa shape index (κ2) is 9.43. The van der Waals surface area contributed by atoms with E-state index in [0.29, 0.717) is 6.42 Å². The third-order valence-corrected chi connectivity index (χ3v) is 3.90. The van der Waals surface area contributed by atoms with E-state index in [-0.39, 0.29) is 12.1 Å². The van der Waals surface area contributed by atoms with Crippen molar-refractivity contribution in [1.82, 2.24) is 0 Å². The molecule has 2 rings (SSSR count). The van der Waals surface area contributed by atoms with Gasteiger partial charge in [-0.2, -0.15) is 0 Å². The minimum Gasteiger partial charge on any atom is -0.465 e. The van der Waals surface area contributed by atoms with Crippen LogP contribution in [0.1, 0.15) is 76.1 Å². The average Bonchev–Trinajstić information content (AvgIpc) is 3.00. The van der Waals surface area contributed by atoms with E-state index < -0.39 is 0 Å². The van der Waals surface area contributed by atoms with Crippen LogP contribution in [-0.4, -0.2) is 5.97 Å². The molecule has 0 bridgehead atoms. The summed E-state index contributed by atoms with van der Waals surface area (Å²) in [4.78, 5) is 11.9. The van der Waals surface area contributed by atoms with Gasteiger partial charge in [-0.15, -0.1) is 0 Å². The van der Waals surface area contributed by atoms with Gasteiger partial charge in [-0.25, -0.2) is 0 Å². The first kappa shape index (κ1) is 15.9. The largest absolute Gasteiger partial charge is 0.465 e. The van der Waals surface area contributed by atoms with E-state index in [1.165, 1.54) is 25.7 Å². The third-order valence-electron chi connectivity index (χ3n) is 3.90. The molecule has 0 spiro atoms. The van der Waals surface area contributed by atoms with E-state index in [1.807, 2.05) is 12.1 Å². The SMILES string of the molecule is O=C1CCCCCCCC/C=C\CCC(c2ccco2)O1. The lowest BCUT2D eigenvalue weighted by Crippen LogP contribution is -2.10. The first-order valence-corrected chi connectivity index (χ1v) is 8.24. The number of allylic oxidation sites excluding steroid dienone is 2. The Morgan fingerprint density at radius 1 is 0.952 bits per heavy atom. The van der Waals surface area contributed by atoms with Crippen LogP contribution in [0.15, 0.2) is 35.0 Å². The highest BCUT2D eigenvalue weighted by Crippen LogP contribution is 2.25. The molecule has 0 N–H and O–H groups in total. The van der Waals surface area contributed by atoms with Crippen LogP contribution in [0.3, 0.4) is 0 Å². The molecule has 0 saturated carbocycles. The van der Waals surface area contributed by atoms with Crippen molar-refractivity contribution in [2.24, 2.45) is 0 Å². The Labute approximate surface area is 127 Å². The first-order chi connectivity index (χ1) is 10.4. The summed E-state index contributed by atoms with van der Waals surface area (Å²) in [6.45, 7) is 0. The molecule has 1 aromatic heterocycles. The highest BCUT2D eigenvalue weighted by Gasteiger charge is 2.18. The normalized spacial score (nSPS) is 24.6. The fraction of sp³-hybridized carbons (Fsp3) is 0.611. The van der Waals surface area contributed by atoms with Gasteiger partial charge in [0, 0.05) is 6.42 Å². The minimum absolute atomic E-state index is 0.102. The van der Waals surface area contributed by atoms with Crippen molar-refractivity contribution < 1.29 is 13.9 Å². The smallest absolute Gasteiger partial charge is 0.306 e. The topological polar surface area (TPSA) is 39.4 Å². The van der Waals surface area contributed by atoms with E-state index in [0.717, 1.165) is 37.9 Å². The number of carbonyl (C=O) groups excluding carboxylic acids is 1. The van der Waals surface area contributed by atoms with Crippen LogP contribution in [0.2, 0.25) is 0 Å². The molecule has 116 valence electrons. The van der Waals surface area contributed by atoms with Crippen molar-refractivity contribution in [3.63, 3.8) is 0 Å². The molecular formula is C18H26O3. The molecule has 3 heteroatoms. The minimum atomic E-state index is -0.248. The van der Waals surface area contributed by atoms with E-state index in [4.69, 9.17) is 9.15 Å². The van der Waals surface area contributed by atoms with Gasteiger partial charge in [0.1, 0.15) is 5.76 Å². The van der Waals surface area contributed by atoms with Crippen molar-refractivity contribution in [3.05, 3.63) is 36.3 Å². The molecule has 0 radical (unpaired) electrons. The summed E-state index contributed by atoms with van der Waals surface area (Å²) in [6, 6.07) is 3.73. The lowest BCUT2D eigenvalue weighted by Gasteiger charge is -2.15. The van der Waals surface area contributed by atoms with Gasteiger partial charge in [0.2, 0.25) is 0 Å². The summed E-state index contributed by atoms with van der Waals surface area (Å²) >= 11 is 0. The standard InChI is InChI=1S/C18H26O3/c19-18-14-10-8-6-4-2-1-3-5-7-9-12-17(21-18)16-13-11-15-20-16/h5,7,11,13,15,17H,1-4,6,8-10,12,14H2/b7-5-. The van der Waals surface area contributed by atoms with Crippen molar-refractivity contribution in [2.75, 3.05) is 0 Å². The summed E-state index contributed by atoms with van der Waals surface area (Å²) in [5.74, 6) is 0.649. The van der Waals surface area contributed by atoms with Gasteiger partial charge < -0.3 is 9.15 Å². The number of hydrogen-bond donors (Lipinski definition) is 0. The van der Waals surface area contributed by atoms with Crippen LogP contribution in [0.25, 0.3) is 0 Å². The molecule has 0 aromatic carbocycles. The maximum absolute atomic E-state index is 11.9. The third kappa shape index (κ3) is 6.19. The zero-order chi connectivity index (χ0) is 14.8. The quantitative estimate of drug-likeness (QED) is 0.518. The average molecular weight is 290 g/mol. The molecule has 0 saturated heterocycles. The molecule has 21 heavy (non-hydrogen) atoms. The number of cyclic esters (lactones) is 1. The van der Waals surface area contributed by atoms with E-state index in [9.17, 15) is 4.79 Å². The van der Waals surface area contributed by atoms with Crippen LogP contribution in [0.5, 0.6) is 0 Å². The van der Waals surface area contributed by atoms with Gasteiger partial charge in [0.25, 0.3) is 0 Å². The van der Waals surface area contributed by atoms with Crippen molar-refractivity contribution in [1.29, 1.82) is 0 Å². The predicted molar refractivity (Wildman–Crippen MR) is 82.9 cm³/mol. The van der Waals surface area contributed by atoms with Gasteiger partial charge in [0.15, 0.2) is 6.10 Å². The van der Waals surface area contributed by atoms with Gasteiger partial charge in [-0.3, -0.25) is 4.79 Å². The maximum Gasteiger partial charge on any atom is 0.306 e. The Kier molecular flexibility index (Phi) is 7.13. The Morgan fingerprint density at radius 2 is 1.71 bits per heavy atom. The number of esters is 1. The summed E-state index contributed by atoms with van der Waals surface area (Å²) < 4.78 is 11.0. The van der Waals surface area contributed by atoms with Crippen molar-refractivity contribution >= 4 is 5.97 Å². The highest BCUT2D eigenvalue weighted by atomic mass is 16.6. The summed E-state index contributed by atoms with van der Waals surface area (Å²) in [7, 11) is 0. The molecule has 0 aliphatic carbocycles. The summed E-state index contributed by atoms with van der Waals surface area (Å²) in [5, 5.41) is 0.